The number of nitrogens with zero attached hydrogens (tertiary/aromatic N) is 1. The van der Waals surface area contributed by atoms with Gasteiger partial charge < -0.3 is 9.16 Å². The zero-order valence-electron chi connectivity index (χ0n) is 14.1. The van der Waals surface area contributed by atoms with Gasteiger partial charge in [0.1, 0.15) is 6.04 Å². The highest BCUT2D eigenvalue weighted by atomic mass is 28.4. The Kier molecular flexibility index (Phi) is 5.25. The molecule has 0 N–H and O–H groups in total. The van der Waals surface area contributed by atoms with Gasteiger partial charge in [-0.3, -0.25) is 9.69 Å². The Labute approximate surface area is 134 Å². The average molecular weight is 353 g/mol. The zero-order chi connectivity index (χ0) is 18.2. The summed E-state index contributed by atoms with van der Waals surface area (Å²) in [5.74, 6) is -2.82. The Morgan fingerprint density at radius 1 is 1.26 bits per heavy atom. The van der Waals surface area contributed by atoms with E-state index in [4.69, 9.17) is 4.43 Å². The molecule has 1 amide bonds. The number of carbonyl (C=O) groups is 2. The average Bonchev–Trinajstić information content (AvgIpc) is 2.77. The first kappa shape index (κ1) is 19.5. The zero-order valence-corrected chi connectivity index (χ0v) is 15.1. The minimum Gasteiger partial charge on any atom is -0.545 e. The second-order valence-corrected chi connectivity index (χ2v) is 11.6. The predicted octanol–water partition coefficient (Wildman–Crippen LogP) is 3.19. The van der Waals surface area contributed by atoms with Crippen LogP contribution in [0, 0.1) is 0 Å². The maximum atomic E-state index is 12.7. The molecule has 132 valence electrons. The summed E-state index contributed by atoms with van der Waals surface area (Å²) < 4.78 is 48.5. The van der Waals surface area contributed by atoms with Crippen molar-refractivity contribution in [2.45, 2.75) is 57.5 Å². The number of alkyl halides is 3. The molecule has 0 saturated carbocycles. The second kappa shape index (κ2) is 6.18. The minimum absolute atomic E-state index is 0.124. The molecule has 1 aliphatic rings. The molecule has 0 fully saturated rings. The molecule has 0 bridgehead atoms. The van der Waals surface area contributed by atoms with E-state index in [0.717, 1.165) is 13.3 Å². The molecule has 5 nitrogen and oxygen atoms in total. The summed E-state index contributed by atoms with van der Waals surface area (Å²) in [4.78, 5) is 23.6. The van der Waals surface area contributed by atoms with Crippen LogP contribution in [-0.4, -0.2) is 44.4 Å². The molecule has 0 saturated heterocycles. The highest BCUT2D eigenvalue weighted by Gasteiger charge is 2.49. The van der Waals surface area contributed by atoms with Gasteiger partial charge in [-0.05, 0) is 18.1 Å². The van der Waals surface area contributed by atoms with Crippen molar-refractivity contribution in [1.29, 1.82) is 0 Å². The third-order valence-electron chi connectivity index (χ3n) is 4.16. The van der Waals surface area contributed by atoms with Crippen LogP contribution in [0.25, 0.3) is 0 Å². The van der Waals surface area contributed by atoms with E-state index >= 15 is 0 Å². The van der Waals surface area contributed by atoms with Gasteiger partial charge in [0.05, 0.1) is 12.9 Å². The lowest BCUT2D eigenvalue weighted by molar-refractivity contribution is -0.186. The van der Waals surface area contributed by atoms with Crippen LogP contribution < -0.4 is 0 Å². The Morgan fingerprint density at radius 3 is 2.17 bits per heavy atom. The van der Waals surface area contributed by atoms with Gasteiger partial charge in [-0.2, -0.15) is 13.2 Å². The molecule has 1 aliphatic heterocycles. The maximum Gasteiger partial charge on any atom is 0.471 e. The number of amides is 1. The van der Waals surface area contributed by atoms with Gasteiger partial charge in [0.2, 0.25) is 8.32 Å². The van der Waals surface area contributed by atoms with E-state index in [-0.39, 0.29) is 17.2 Å². The Bertz CT molecular complexity index is 523. The van der Waals surface area contributed by atoms with Crippen molar-refractivity contribution in [1.82, 2.24) is 4.90 Å². The van der Waals surface area contributed by atoms with Gasteiger partial charge in [-0.1, -0.05) is 20.8 Å². The lowest BCUT2D eigenvalue weighted by Crippen LogP contribution is -2.45. The summed E-state index contributed by atoms with van der Waals surface area (Å²) in [6.07, 6.45) is -4.23. The van der Waals surface area contributed by atoms with Crippen LogP contribution in [-0.2, 0) is 18.8 Å². The second-order valence-electron chi connectivity index (χ2n) is 6.91. The van der Waals surface area contributed by atoms with Gasteiger partial charge in [-0.15, -0.1) is 0 Å². The van der Waals surface area contributed by atoms with E-state index in [1.807, 2.05) is 33.9 Å². The molecule has 1 unspecified atom stereocenters. The summed E-state index contributed by atoms with van der Waals surface area (Å²) in [6, 6.07) is -1.35. The van der Waals surface area contributed by atoms with Crippen LogP contribution in [0.5, 0.6) is 0 Å². The quantitative estimate of drug-likeness (QED) is 0.578. The highest BCUT2D eigenvalue weighted by Crippen LogP contribution is 2.40. The van der Waals surface area contributed by atoms with Crippen LogP contribution >= 0.6 is 0 Å². The van der Waals surface area contributed by atoms with Crippen molar-refractivity contribution in [2.24, 2.45) is 0 Å². The first-order valence-electron chi connectivity index (χ1n) is 7.07. The molecule has 0 aromatic carbocycles. The fourth-order valence-corrected chi connectivity index (χ4v) is 2.91. The number of hydrogen-bond donors (Lipinski definition) is 0. The molecule has 0 radical (unpaired) electrons. The van der Waals surface area contributed by atoms with Gasteiger partial charge in [0, 0.05) is 12.6 Å². The molecule has 0 spiro atoms. The van der Waals surface area contributed by atoms with E-state index < -0.39 is 32.4 Å². The van der Waals surface area contributed by atoms with Crippen molar-refractivity contribution in [2.75, 3.05) is 7.11 Å². The number of methoxy groups -OCH3 is 1. The molecule has 1 rings (SSSR count). The number of hydrogen-bond acceptors (Lipinski definition) is 4. The van der Waals surface area contributed by atoms with Gasteiger partial charge in [0.15, 0.2) is 0 Å². The third kappa shape index (κ3) is 4.27. The molecular formula is C14H22F3NO4Si. The Hall–Kier alpha value is -1.51. The standard InChI is InChI=1S/C14H22F3NO4Si/c1-13(2,3)23(5,6)22-9-7-10(11(19)21-4)18(8-9)12(20)14(15,16)17/h8,10H,7H2,1-6H3. The lowest BCUT2D eigenvalue weighted by atomic mass is 10.2. The lowest BCUT2D eigenvalue weighted by Gasteiger charge is -2.36. The molecule has 0 aromatic heterocycles. The van der Waals surface area contributed by atoms with Crippen molar-refractivity contribution in [3.63, 3.8) is 0 Å². The van der Waals surface area contributed by atoms with Crippen LogP contribution in [0.4, 0.5) is 13.2 Å². The third-order valence-corrected chi connectivity index (χ3v) is 8.54. The largest absolute Gasteiger partial charge is 0.545 e. The number of halogens is 3. The summed E-state index contributed by atoms with van der Waals surface area (Å²) >= 11 is 0. The molecular weight excluding hydrogens is 331 g/mol. The number of carbonyl (C=O) groups excluding carboxylic acids is 2. The van der Waals surface area contributed by atoms with Crippen LogP contribution in [0.15, 0.2) is 12.0 Å². The molecule has 0 aromatic rings. The van der Waals surface area contributed by atoms with E-state index in [1.165, 1.54) is 0 Å². The summed E-state index contributed by atoms with van der Waals surface area (Å²) in [5, 5.41) is -0.171. The van der Waals surface area contributed by atoms with E-state index in [0.29, 0.717) is 4.90 Å². The normalized spacial score (nSPS) is 19.4. The van der Waals surface area contributed by atoms with Crippen LogP contribution in [0.1, 0.15) is 27.2 Å². The number of ether oxygens (including phenoxy) is 1. The fourth-order valence-electron chi connectivity index (χ4n) is 1.82. The van der Waals surface area contributed by atoms with Crippen molar-refractivity contribution >= 4 is 20.2 Å². The first-order chi connectivity index (χ1) is 10.2. The number of esters is 1. The fraction of sp³-hybridized carbons (Fsp3) is 0.714. The smallest absolute Gasteiger partial charge is 0.471 e. The molecule has 9 heteroatoms. The van der Waals surface area contributed by atoms with Crippen molar-refractivity contribution in [3.05, 3.63) is 12.0 Å². The summed E-state index contributed by atoms with van der Waals surface area (Å²) in [6.45, 7) is 9.78. The Morgan fingerprint density at radius 2 is 1.78 bits per heavy atom. The summed E-state index contributed by atoms with van der Waals surface area (Å²) in [5.41, 5.74) is 0. The van der Waals surface area contributed by atoms with Crippen molar-refractivity contribution < 1.29 is 31.9 Å². The molecule has 1 heterocycles. The molecule has 0 aliphatic carbocycles. The number of rotatable bonds is 3. The van der Waals surface area contributed by atoms with Gasteiger partial charge in [-0.25, -0.2) is 4.79 Å². The van der Waals surface area contributed by atoms with E-state index in [2.05, 4.69) is 4.74 Å². The van der Waals surface area contributed by atoms with Crippen LogP contribution in [0.2, 0.25) is 18.1 Å². The Balaban J connectivity index is 3.09. The van der Waals surface area contributed by atoms with Gasteiger partial charge >= 0.3 is 18.1 Å². The van der Waals surface area contributed by atoms with Crippen LogP contribution in [0.3, 0.4) is 0 Å². The minimum atomic E-state index is -5.07. The maximum absolute atomic E-state index is 12.7. The summed E-state index contributed by atoms with van der Waals surface area (Å²) in [7, 11) is -1.23. The molecule has 23 heavy (non-hydrogen) atoms. The monoisotopic (exact) mass is 353 g/mol. The van der Waals surface area contributed by atoms with E-state index in [1.54, 1.807) is 0 Å². The molecule has 1 atom stereocenters. The first-order valence-corrected chi connectivity index (χ1v) is 9.98. The van der Waals surface area contributed by atoms with Crippen molar-refractivity contribution in [3.8, 4) is 0 Å². The van der Waals surface area contributed by atoms with Gasteiger partial charge in [0.25, 0.3) is 0 Å². The predicted molar refractivity (Wildman–Crippen MR) is 79.7 cm³/mol. The highest BCUT2D eigenvalue weighted by molar-refractivity contribution is 6.74. The van der Waals surface area contributed by atoms with E-state index in [9.17, 15) is 22.8 Å². The topological polar surface area (TPSA) is 55.8 Å². The SMILES string of the molecule is COC(=O)C1CC(O[Si](C)(C)C(C)(C)C)=CN1C(=O)C(F)(F)F.